The first-order valence-electron chi connectivity index (χ1n) is 8.59. The summed E-state index contributed by atoms with van der Waals surface area (Å²) >= 11 is 1.30. The molecule has 3 amide bonds. The van der Waals surface area contributed by atoms with Crippen LogP contribution in [-0.2, 0) is 9.53 Å². The van der Waals surface area contributed by atoms with Crippen molar-refractivity contribution in [3.63, 3.8) is 0 Å². The highest BCUT2D eigenvalue weighted by molar-refractivity contribution is 7.98. The van der Waals surface area contributed by atoms with Gasteiger partial charge in [0.05, 0.1) is 6.20 Å². The third-order valence-electron chi connectivity index (χ3n) is 4.01. The normalized spacial score (nSPS) is 14.2. The smallest absolute Gasteiger partial charge is 0.357 e. The third-order valence-corrected chi connectivity index (χ3v) is 4.66. The molecule has 1 aliphatic rings. The Labute approximate surface area is 164 Å². The summed E-state index contributed by atoms with van der Waals surface area (Å²) in [5, 5.41) is 5.25. The molecule has 1 heterocycles. The van der Waals surface area contributed by atoms with Gasteiger partial charge in [-0.25, -0.2) is 19.0 Å². The van der Waals surface area contributed by atoms with Crippen LogP contribution in [0, 0.1) is 5.82 Å². The summed E-state index contributed by atoms with van der Waals surface area (Å²) in [5.41, 5.74) is 0.606. The number of halogens is 1. The molecule has 1 aliphatic carbocycles. The molecular formula is C18H19FN4O4S. The summed E-state index contributed by atoms with van der Waals surface area (Å²) in [6.45, 7) is 1.37. The molecule has 2 aromatic rings. The SMILES string of the molecule is CSc1ncc(C(=O)O[C@H](C)C(=O)NC(=O)NC2CC2)n1-c1ccc(F)cc1. The monoisotopic (exact) mass is 406 g/mol. The zero-order valence-electron chi connectivity index (χ0n) is 15.3. The number of thioether (sulfide) groups is 1. The van der Waals surface area contributed by atoms with Crippen molar-refractivity contribution in [2.75, 3.05) is 6.26 Å². The van der Waals surface area contributed by atoms with Crippen molar-refractivity contribution in [3.05, 3.63) is 42.0 Å². The molecule has 8 nitrogen and oxygen atoms in total. The number of carbonyl (C=O) groups is 3. The first-order valence-corrected chi connectivity index (χ1v) is 9.81. The third kappa shape index (κ3) is 4.69. The van der Waals surface area contributed by atoms with Crippen LogP contribution >= 0.6 is 11.8 Å². The molecule has 2 N–H and O–H groups in total. The van der Waals surface area contributed by atoms with E-state index in [0.29, 0.717) is 10.8 Å². The quantitative estimate of drug-likeness (QED) is 0.564. The average Bonchev–Trinajstić information content (AvgIpc) is 3.36. The van der Waals surface area contributed by atoms with Crippen LogP contribution in [0.15, 0.2) is 35.6 Å². The lowest BCUT2D eigenvalue weighted by Gasteiger charge is -2.15. The highest BCUT2D eigenvalue weighted by atomic mass is 32.2. The Kier molecular flexibility index (Phi) is 5.98. The maximum Gasteiger partial charge on any atom is 0.357 e. The van der Waals surface area contributed by atoms with E-state index in [0.717, 1.165) is 12.8 Å². The number of imidazole rings is 1. The van der Waals surface area contributed by atoms with Gasteiger partial charge in [-0.2, -0.15) is 0 Å². The van der Waals surface area contributed by atoms with Crippen LogP contribution < -0.4 is 10.6 Å². The largest absolute Gasteiger partial charge is 0.448 e. The maximum atomic E-state index is 13.2. The number of aromatic nitrogens is 2. The number of rotatable bonds is 6. The van der Waals surface area contributed by atoms with Gasteiger partial charge in [0.1, 0.15) is 5.82 Å². The van der Waals surface area contributed by atoms with Gasteiger partial charge < -0.3 is 10.1 Å². The van der Waals surface area contributed by atoms with Gasteiger partial charge in [0, 0.05) is 11.7 Å². The fourth-order valence-corrected chi connectivity index (χ4v) is 2.94. The topological polar surface area (TPSA) is 102 Å². The molecule has 148 valence electrons. The minimum Gasteiger partial charge on any atom is -0.448 e. The summed E-state index contributed by atoms with van der Waals surface area (Å²) in [4.78, 5) is 40.4. The van der Waals surface area contributed by atoms with Crippen LogP contribution in [0.4, 0.5) is 9.18 Å². The number of benzene rings is 1. The number of nitrogens with zero attached hydrogens (tertiary/aromatic N) is 2. The molecule has 1 saturated carbocycles. The summed E-state index contributed by atoms with van der Waals surface area (Å²) in [5.74, 6) is -1.93. The molecule has 0 saturated heterocycles. The van der Waals surface area contributed by atoms with Gasteiger partial charge in [-0.15, -0.1) is 0 Å². The minimum atomic E-state index is -1.19. The minimum absolute atomic E-state index is 0.0815. The standard InChI is InChI=1S/C18H19FN4O4S/c1-10(15(24)22-17(26)21-12-5-6-12)27-16(25)14-9-20-18(28-2)23(14)13-7-3-11(19)4-8-13/h3-4,7-10,12H,5-6H2,1-2H3,(H2,21,22,24,26)/t10-/m1/s1. The Hall–Kier alpha value is -2.88. The second-order valence-corrected chi connectivity index (χ2v) is 7.00. The van der Waals surface area contributed by atoms with Crippen molar-refractivity contribution in [2.24, 2.45) is 0 Å². The molecule has 0 radical (unpaired) electrons. The molecule has 0 aliphatic heterocycles. The predicted molar refractivity (Wildman–Crippen MR) is 99.9 cm³/mol. The highest BCUT2D eigenvalue weighted by Crippen LogP contribution is 2.23. The van der Waals surface area contributed by atoms with Gasteiger partial charge in [0.15, 0.2) is 17.0 Å². The second kappa shape index (κ2) is 8.42. The van der Waals surface area contributed by atoms with Crippen molar-refractivity contribution in [2.45, 2.75) is 37.1 Å². The summed E-state index contributed by atoms with van der Waals surface area (Å²) in [7, 11) is 0. The van der Waals surface area contributed by atoms with Crippen LogP contribution in [0.25, 0.3) is 5.69 Å². The van der Waals surface area contributed by atoms with E-state index >= 15 is 0 Å². The van der Waals surface area contributed by atoms with Gasteiger partial charge >= 0.3 is 12.0 Å². The Balaban J connectivity index is 1.71. The van der Waals surface area contributed by atoms with Crippen molar-refractivity contribution < 1.29 is 23.5 Å². The van der Waals surface area contributed by atoms with Crippen molar-refractivity contribution in [1.82, 2.24) is 20.2 Å². The van der Waals surface area contributed by atoms with Crippen LogP contribution in [0.2, 0.25) is 0 Å². The number of esters is 1. The first-order chi connectivity index (χ1) is 13.4. The zero-order valence-corrected chi connectivity index (χ0v) is 16.1. The fourth-order valence-electron chi connectivity index (χ4n) is 2.40. The Morgan fingerprint density at radius 3 is 2.57 bits per heavy atom. The molecule has 0 bridgehead atoms. The van der Waals surface area contributed by atoms with Gasteiger partial charge in [0.2, 0.25) is 0 Å². The molecule has 3 rings (SSSR count). The molecule has 28 heavy (non-hydrogen) atoms. The fraction of sp³-hybridized carbons (Fsp3) is 0.333. The number of amides is 3. The van der Waals surface area contributed by atoms with E-state index in [1.807, 2.05) is 0 Å². The number of nitrogens with one attached hydrogen (secondary N) is 2. The molecule has 0 unspecified atom stereocenters. The van der Waals surface area contributed by atoms with E-state index < -0.39 is 29.8 Å². The lowest BCUT2D eigenvalue weighted by atomic mass is 10.3. The second-order valence-electron chi connectivity index (χ2n) is 6.23. The van der Waals surface area contributed by atoms with E-state index in [2.05, 4.69) is 15.6 Å². The number of ether oxygens (including phenoxy) is 1. The van der Waals surface area contributed by atoms with Crippen LogP contribution in [0.3, 0.4) is 0 Å². The lowest BCUT2D eigenvalue weighted by molar-refractivity contribution is -0.127. The average molecular weight is 406 g/mol. The number of hydrogen-bond acceptors (Lipinski definition) is 6. The summed E-state index contributed by atoms with van der Waals surface area (Å²) in [6, 6.07) is 5.03. The Bertz CT molecular complexity index is 895. The van der Waals surface area contributed by atoms with Crippen molar-refractivity contribution in [3.8, 4) is 5.69 Å². The van der Waals surface area contributed by atoms with E-state index in [4.69, 9.17) is 4.74 Å². The summed E-state index contributed by atoms with van der Waals surface area (Å²) < 4.78 is 19.9. The predicted octanol–water partition coefficient (Wildman–Crippen LogP) is 2.27. The lowest BCUT2D eigenvalue weighted by Crippen LogP contribution is -2.45. The highest BCUT2D eigenvalue weighted by Gasteiger charge is 2.27. The zero-order chi connectivity index (χ0) is 20.3. The number of hydrogen-bond donors (Lipinski definition) is 2. The van der Waals surface area contributed by atoms with Gasteiger partial charge in [0.25, 0.3) is 5.91 Å². The molecule has 1 aromatic carbocycles. The molecule has 1 fully saturated rings. The molecule has 1 aromatic heterocycles. The van der Waals surface area contributed by atoms with Crippen LogP contribution in [-0.4, -0.2) is 45.9 Å². The van der Waals surface area contributed by atoms with Gasteiger partial charge in [-0.3, -0.25) is 14.7 Å². The van der Waals surface area contributed by atoms with Crippen LogP contribution in [0.5, 0.6) is 0 Å². The Morgan fingerprint density at radius 2 is 1.96 bits per heavy atom. The van der Waals surface area contributed by atoms with E-state index in [1.54, 1.807) is 6.26 Å². The first kappa shape index (κ1) is 19.9. The Morgan fingerprint density at radius 1 is 1.29 bits per heavy atom. The molecule has 10 heteroatoms. The van der Waals surface area contributed by atoms with Gasteiger partial charge in [-0.1, -0.05) is 11.8 Å². The van der Waals surface area contributed by atoms with Crippen LogP contribution in [0.1, 0.15) is 30.3 Å². The number of urea groups is 1. The molecular weight excluding hydrogens is 387 g/mol. The number of carbonyl (C=O) groups excluding carboxylic acids is 3. The maximum absolute atomic E-state index is 13.2. The summed E-state index contributed by atoms with van der Waals surface area (Å²) in [6.07, 6.45) is 3.69. The van der Waals surface area contributed by atoms with E-state index in [-0.39, 0.29) is 11.7 Å². The van der Waals surface area contributed by atoms with E-state index in [9.17, 15) is 18.8 Å². The van der Waals surface area contributed by atoms with E-state index in [1.165, 1.54) is 53.7 Å². The number of imide groups is 1. The van der Waals surface area contributed by atoms with Crippen molar-refractivity contribution in [1.29, 1.82) is 0 Å². The molecule has 1 atom stereocenters. The van der Waals surface area contributed by atoms with Gasteiger partial charge in [-0.05, 0) is 50.3 Å². The molecule has 0 spiro atoms. The van der Waals surface area contributed by atoms with Crippen molar-refractivity contribution >= 4 is 29.7 Å².